The van der Waals surface area contributed by atoms with E-state index in [0.717, 1.165) is 5.69 Å². The van der Waals surface area contributed by atoms with E-state index >= 15 is 0 Å². The molecule has 0 spiro atoms. The van der Waals surface area contributed by atoms with Gasteiger partial charge in [0.15, 0.2) is 0 Å². The minimum absolute atomic E-state index is 0.277. The Balaban J connectivity index is 2.17. The molecular weight excluding hydrogens is 215 g/mol. The van der Waals surface area contributed by atoms with Crippen LogP contribution in [0.2, 0.25) is 0 Å². The molecule has 3 heteroatoms. The number of nitrogens with zero attached hydrogens (tertiary/aromatic N) is 1. The molecule has 0 amide bonds. The number of anilines is 2. The number of rotatable bonds is 2. The van der Waals surface area contributed by atoms with E-state index in [4.69, 9.17) is 5.73 Å². The summed E-state index contributed by atoms with van der Waals surface area (Å²) in [4.78, 5) is 2.16. The van der Waals surface area contributed by atoms with Crippen molar-refractivity contribution in [2.75, 3.05) is 17.7 Å². The number of hydrogen-bond acceptors (Lipinski definition) is 2. The summed E-state index contributed by atoms with van der Waals surface area (Å²) < 4.78 is 13.4. The SMILES string of the molecule is CN(c1cccc(F)c1N)C1CCCCCC1. The monoisotopic (exact) mass is 236 g/mol. The molecule has 0 saturated heterocycles. The molecule has 94 valence electrons. The number of halogens is 1. The lowest BCUT2D eigenvalue weighted by molar-refractivity contribution is 0.552. The van der Waals surface area contributed by atoms with E-state index in [1.165, 1.54) is 44.6 Å². The smallest absolute Gasteiger partial charge is 0.148 e. The molecule has 0 unspecified atom stereocenters. The standard InChI is InChI=1S/C14H21FN2/c1-17(11-7-4-2-3-5-8-11)13-10-6-9-12(15)14(13)16/h6,9-11H,2-5,7-8,16H2,1H3. The highest BCUT2D eigenvalue weighted by Crippen LogP contribution is 2.30. The lowest BCUT2D eigenvalue weighted by Crippen LogP contribution is -2.31. The van der Waals surface area contributed by atoms with Crippen molar-refractivity contribution in [2.24, 2.45) is 0 Å². The van der Waals surface area contributed by atoms with Crippen LogP contribution in [-0.4, -0.2) is 13.1 Å². The summed E-state index contributed by atoms with van der Waals surface area (Å²) in [6.07, 6.45) is 7.55. The van der Waals surface area contributed by atoms with E-state index in [2.05, 4.69) is 4.90 Å². The summed E-state index contributed by atoms with van der Waals surface area (Å²) in [6, 6.07) is 5.55. The molecule has 1 aliphatic carbocycles. The van der Waals surface area contributed by atoms with Crippen LogP contribution in [0.1, 0.15) is 38.5 Å². The Bertz CT molecular complexity index is 370. The van der Waals surface area contributed by atoms with Gasteiger partial charge in [-0.05, 0) is 25.0 Å². The molecular formula is C14H21FN2. The fraction of sp³-hybridized carbons (Fsp3) is 0.571. The molecule has 0 bridgehead atoms. The first-order chi connectivity index (χ1) is 8.20. The maximum atomic E-state index is 13.4. The van der Waals surface area contributed by atoms with Gasteiger partial charge in [-0.3, -0.25) is 0 Å². The summed E-state index contributed by atoms with van der Waals surface area (Å²) in [5, 5.41) is 0. The van der Waals surface area contributed by atoms with Gasteiger partial charge in [0, 0.05) is 13.1 Å². The zero-order valence-corrected chi connectivity index (χ0v) is 10.5. The fourth-order valence-electron chi connectivity index (χ4n) is 2.68. The maximum absolute atomic E-state index is 13.4. The summed E-state index contributed by atoms with van der Waals surface area (Å²) in [7, 11) is 2.03. The molecule has 1 fully saturated rings. The lowest BCUT2D eigenvalue weighted by Gasteiger charge is -2.30. The number of hydrogen-bond donors (Lipinski definition) is 1. The molecule has 2 nitrogen and oxygen atoms in total. The van der Waals surface area contributed by atoms with Gasteiger partial charge in [0.05, 0.1) is 11.4 Å². The molecule has 1 aliphatic rings. The second-order valence-electron chi connectivity index (χ2n) is 4.93. The zero-order valence-electron chi connectivity index (χ0n) is 10.5. The first-order valence-corrected chi connectivity index (χ1v) is 6.47. The average molecular weight is 236 g/mol. The summed E-state index contributed by atoms with van der Waals surface area (Å²) in [6.45, 7) is 0. The van der Waals surface area contributed by atoms with E-state index in [-0.39, 0.29) is 11.5 Å². The van der Waals surface area contributed by atoms with Crippen molar-refractivity contribution in [2.45, 2.75) is 44.6 Å². The first-order valence-electron chi connectivity index (χ1n) is 6.47. The Kier molecular flexibility index (Phi) is 3.87. The molecule has 0 heterocycles. The van der Waals surface area contributed by atoms with Gasteiger partial charge in [-0.1, -0.05) is 31.7 Å². The fourth-order valence-corrected chi connectivity index (χ4v) is 2.68. The Hall–Kier alpha value is -1.25. The van der Waals surface area contributed by atoms with Gasteiger partial charge in [0.2, 0.25) is 0 Å². The highest BCUT2D eigenvalue weighted by Gasteiger charge is 2.19. The molecule has 0 aliphatic heterocycles. The Labute approximate surface area is 103 Å². The van der Waals surface area contributed by atoms with Crippen LogP contribution in [0, 0.1) is 5.82 Å². The normalized spacial score (nSPS) is 17.8. The van der Waals surface area contributed by atoms with Gasteiger partial charge < -0.3 is 10.6 Å². The minimum Gasteiger partial charge on any atom is -0.395 e. The van der Waals surface area contributed by atoms with Crippen molar-refractivity contribution in [3.63, 3.8) is 0 Å². The van der Waals surface area contributed by atoms with Crippen LogP contribution in [0.15, 0.2) is 18.2 Å². The first kappa shape index (κ1) is 12.2. The summed E-state index contributed by atoms with van der Waals surface area (Å²) >= 11 is 0. The third-order valence-electron chi connectivity index (χ3n) is 3.78. The highest BCUT2D eigenvalue weighted by atomic mass is 19.1. The molecule has 0 radical (unpaired) electrons. The van der Waals surface area contributed by atoms with Crippen molar-refractivity contribution >= 4 is 11.4 Å². The molecule has 0 atom stereocenters. The molecule has 1 aromatic carbocycles. The number of nitrogens with two attached hydrogens (primary N) is 1. The largest absolute Gasteiger partial charge is 0.395 e. The van der Waals surface area contributed by atoms with Crippen molar-refractivity contribution in [1.29, 1.82) is 0 Å². The van der Waals surface area contributed by atoms with Gasteiger partial charge in [-0.15, -0.1) is 0 Å². The second-order valence-corrected chi connectivity index (χ2v) is 4.93. The molecule has 0 aromatic heterocycles. The Morgan fingerprint density at radius 2 is 1.82 bits per heavy atom. The third kappa shape index (κ3) is 2.71. The van der Waals surface area contributed by atoms with E-state index in [1.54, 1.807) is 6.07 Å². The molecule has 1 aromatic rings. The zero-order chi connectivity index (χ0) is 12.3. The predicted molar refractivity (Wildman–Crippen MR) is 70.7 cm³/mol. The van der Waals surface area contributed by atoms with Crippen LogP contribution in [0.25, 0.3) is 0 Å². The maximum Gasteiger partial charge on any atom is 0.148 e. The van der Waals surface area contributed by atoms with Gasteiger partial charge in [-0.2, -0.15) is 0 Å². The average Bonchev–Trinajstić information content (AvgIpc) is 2.60. The quantitative estimate of drug-likeness (QED) is 0.628. The highest BCUT2D eigenvalue weighted by molar-refractivity contribution is 5.68. The van der Waals surface area contributed by atoms with Gasteiger partial charge >= 0.3 is 0 Å². The number of benzene rings is 1. The lowest BCUT2D eigenvalue weighted by atomic mass is 10.1. The van der Waals surface area contributed by atoms with Crippen LogP contribution in [0.3, 0.4) is 0 Å². The van der Waals surface area contributed by atoms with Crippen molar-refractivity contribution in [3.8, 4) is 0 Å². The van der Waals surface area contributed by atoms with Gasteiger partial charge in [0.25, 0.3) is 0 Å². The number of para-hydroxylation sites is 1. The van der Waals surface area contributed by atoms with Crippen LogP contribution in [0.4, 0.5) is 15.8 Å². The summed E-state index contributed by atoms with van der Waals surface area (Å²) in [5.41, 5.74) is 6.92. The van der Waals surface area contributed by atoms with Crippen LogP contribution in [-0.2, 0) is 0 Å². The molecule has 1 saturated carbocycles. The van der Waals surface area contributed by atoms with Crippen molar-refractivity contribution in [1.82, 2.24) is 0 Å². The van der Waals surface area contributed by atoms with E-state index < -0.39 is 0 Å². The molecule has 2 rings (SSSR count). The molecule has 17 heavy (non-hydrogen) atoms. The van der Waals surface area contributed by atoms with Crippen molar-refractivity contribution < 1.29 is 4.39 Å². The predicted octanol–water partition coefficient (Wildman–Crippen LogP) is 3.57. The van der Waals surface area contributed by atoms with Crippen LogP contribution in [0.5, 0.6) is 0 Å². The topological polar surface area (TPSA) is 29.3 Å². The molecule has 2 N–H and O–H groups in total. The Morgan fingerprint density at radius 3 is 2.47 bits per heavy atom. The van der Waals surface area contributed by atoms with Crippen LogP contribution >= 0.6 is 0 Å². The van der Waals surface area contributed by atoms with E-state index in [9.17, 15) is 4.39 Å². The van der Waals surface area contributed by atoms with Gasteiger partial charge in [-0.25, -0.2) is 4.39 Å². The van der Waals surface area contributed by atoms with Crippen molar-refractivity contribution in [3.05, 3.63) is 24.0 Å². The Morgan fingerprint density at radius 1 is 1.18 bits per heavy atom. The number of nitrogen functional groups attached to an aromatic ring is 1. The van der Waals surface area contributed by atoms with Gasteiger partial charge in [0.1, 0.15) is 5.82 Å². The summed E-state index contributed by atoms with van der Waals surface area (Å²) in [5.74, 6) is -0.317. The third-order valence-corrected chi connectivity index (χ3v) is 3.78. The second kappa shape index (κ2) is 5.39. The van der Waals surface area contributed by atoms with E-state index in [0.29, 0.717) is 6.04 Å². The minimum atomic E-state index is -0.317. The van der Waals surface area contributed by atoms with Crippen LogP contribution < -0.4 is 10.6 Å². The van der Waals surface area contributed by atoms with E-state index in [1.807, 2.05) is 13.1 Å².